The summed E-state index contributed by atoms with van der Waals surface area (Å²) in [5.41, 5.74) is 11.7. The third kappa shape index (κ3) is 4.05. The summed E-state index contributed by atoms with van der Waals surface area (Å²) in [6.45, 7) is 2.34. The van der Waals surface area contributed by atoms with Gasteiger partial charge in [0.05, 0.1) is 13.2 Å². The zero-order valence-corrected chi connectivity index (χ0v) is 10.1. The minimum atomic E-state index is -0.664. The van der Waals surface area contributed by atoms with Crippen LogP contribution in [-0.2, 0) is 4.79 Å². The van der Waals surface area contributed by atoms with Crippen LogP contribution in [0.3, 0.4) is 0 Å². The fraction of sp³-hybridized carbons (Fsp3) is 0.417. The van der Waals surface area contributed by atoms with E-state index >= 15 is 0 Å². The highest BCUT2D eigenvalue weighted by molar-refractivity contribution is 5.79. The lowest BCUT2D eigenvalue weighted by molar-refractivity contribution is -0.119. The van der Waals surface area contributed by atoms with Crippen LogP contribution < -0.4 is 21.5 Å². The van der Waals surface area contributed by atoms with E-state index in [2.05, 4.69) is 5.32 Å². The van der Waals surface area contributed by atoms with Crippen LogP contribution >= 0.6 is 0 Å². The monoisotopic (exact) mass is 237 g/mol. The maximum Gasteiger partial charge on any atom is 0.235 e. The summed E-state index contributed by atoms with van der Waals surface area (Å²) >= 11 is 0. The van der Waals surface area contributed by atoms with E-state index in [0.29, 0.717) is 6.54 Å². The Balaban J connectivity index is 2.57. The zero-order valence-electron chi connectivity index (χ0n) is 10.1. The van der Waals surface area contributed by atoms with E-state index in [1.807, 2.05) is 31.2 Å². The van der Waals surface area contributed by atoms with Gasteiger partial charge < -0.3 is 21.5 Å². The Morgan fingerprint density at radius 3 is 2.82 bits per heavy atom. The van der Waals surface area contributed by atoms with Crippen LogP contribution in [-0.4, -0.2) is 25.6 Å². The van der Waals surface area contributed by atoms with Gasteiger partial charge in [-0.25, -0.2) is 0 Å². The molecule has 5 N–H and O–H groups in total. The minimum absolute atomic E-state index is 0.0792. The van der Waals surface area contributed by atoms with Crippen molar-refractivity contribution in [2.24, 2.45) is 11.5 Å². The first-order chi connectivity index (χ1) is 8.04. The Labute approximate surface area is 101 Å². The molecule has 1 aromatic rings. The minimum Gasteiger partial charge on any atom is -0.497 e. The van der Waals surface area contributed by atoms with Crippen molar-refractivity contribution in [2.45, 2.75) is 19.0 Å². The summed E-state index contributed by atoms with van der Waals surface area (Å²) in [5.74, 6) is 0.297. The molecule has 5 heteroatoms. The van der Waals surface area contributed by atoms with E-state index in [1.165, 1.54) is 0 Å². The number of hydrogen-bond donors (Lipinski definition) is 3. The van der Waals surface area contributed by atoms with Crippen molar-refractivity contribution in [3.8, 4) is 5.75 Å². The number of hydrogen-bond acceptors (Lipinski definition) is 4. The molecule has 0 radical (unpaired) electrons. The number of nitrogens with two attached hydrogens (primary N) is 2. The molecule has 1 amide bonds. The van der Waals surface area contributed by atoms with Gasteiger partial charge in [0.25, 0.3) is 0 Å². The molecular weight excluding hydrogens is 218 g/mol. The Hall–Kier alpha value is -1.59. The third-order valence-corrected chi connectivity index (χ3v) is 2.60. The molecule has 17 heavy (non-hydrogen) atoms. The molecule has 1 rings (SSSR count). The molecule has 0 aromatic heterocycles. The maximum absolute atomic E-state index is 10.8. The Morgan fingerprint density at radius 1 is 1.53 bits per heavy atom. The SMILES string of the molecule is COc1cccc([C@H](C)NCC(N)C(N)=O)c1. The van der Waals surface area contributed by atoms with Crippen molar-refractivity contribution in [1.29, 1.82) is 0 Å². The molecule has 2 atom stereocenters. The van der Waals surface area contributed by atoms with Gasteiger partial charge in [-0.2, -0.15) is 0 Å². The molecule has 0 aliphatic carbocycles. The van der Waals surface area contributed by atoms with Crippen molar-refractivity contribution in [3.63, 3.8) is 0 Å². The fourth-order valence-corrected chi connectivity index (χ4v) is 1.43. The summed E-state index contributed by atoms with van der Waals surface area (Å²) in [5, 5.41) is 3.15. The van der Waals surface area contributed by atoms with Crippen LogP contribution in [0.4, 0.5) is 0 Å². The largest absolute Gasteiger partial charge is 0.497 e. The molecule has 0 spiro atoms. The highest BCUT2D eigenvalue weighted by Crippen LogP contribution is 2.18. The van der Waals surface area contributed by atoms with E-state index in [-0.39, 0.29) is 6.04 Å². The predicted octanol–water partition coefficient (Wildman–Crippen LogP) is 0.158. The summed E-state index contributed by atoms with van der Waals surface area (Å²) in [6, 6.07) is 7.13. The van der Waals surface area contributed by atoms with Gasteiger partial charge in [-0.3, -0.25) is 4.79 Å². The van der Waals surface area contributed by atoms with E-state index in [4.69, 9.17) is 16.2 Å². The molecule has 0 aliphatic heterocycles. The van der Waals surface area contributed by atoms with Crippen molar-refractivity contribution in [1.82, 2.24) is 5.32 Å². The van der Waals surface area contributed by atoms with Crippen LogP contribution in [0.1, 0.15) is 18.5 Å². The van der Waals surface area contributed by atoms with Crippen LogP contribution in [0.25, 0.3) is 0 Å². The summed E-state index contributed by atoms with van der Waals surface area (Å²) in [4.78, 5) is 10.8. The number of amides is 1. The molecule has 0 saturated heterocycles. The highest BCUT2D eigenvalue weighted by atomic mass is 16.5. The van der Waals surface area contributed by atoms with Crippen molar-refractivity contribution in [3.05, 3.63) is 29.8 Å². The smallest absolute Gasteiger partial charge is 0.235 e. The molecule has 94 valence electrons. The number of primary amides is 1. The first kappa shape index (κ1) is 13.5. The van der Waals surface area contributed by atoms with Crippen LogP contribution in [0.15, 0.2) is 24.3 Å². The fourth-order valence-electron chi connectivity index (χ4n) is 1.43. The highest BCUT2D eigenvalue weighted by Gasteiger charge is 2.11. The number of carbonyl (C=O) groups is 1. The van der Waals surface area contributed by atoms with Crippen molar-refractivity contribution < 1.29 is 9.53 Å². The number of rotatable bonds is 6. The van der Waals surface area contributed by atoms with Gasteiger partial charge in [0.2, 0.25) is 5.91 Å². The average Bonchev–Trinajstić information content (AvgIpc) is 2.35. The molecule has 0 aliphatic rings. The molecule has 0 bridgehead atoms. The number of benzene rings is 1. The van der Waals surface area contributed by atoms with Gasteiger partial charge in [0.1, 0.15) is 5.75 Å². The molecule has 0 saturated carbocycles. The zero-order chi connectivity index (χ0) is 12.8. The third-order valence-electron chi connectivity index (χ3n) is 2.60. The van der Waals surface area contributed by atoms with E-state index in [0.717, 1.165) is 11.3 Å². The van der Waals surface area contributed by atoms with Crippen LogP contribution in [0, 0.1) is 0 Å². The quantitative estimate of drug-likeness (QED) is 0.657. The molecule has 1 unspecified atom stereocenters. The topological polar surface area (TPSA) is 90.4 Å². The lowest BCUT2D eigenvalue weighted by atomic mass is 10.1. The van der Waals surface area contributed by atoms with E-state index in [1.54, 1.807) is 7.11 Å². The summed E-state index contributed by atoms with van der Waals surface area (Å²) in [6.07, 6.45) is 0. The molecule has 0 fully saturated rings. The van der Waals surface area contributed by atoms with Gasteiger partial charge in [0, 0.05) is 12.6 Å². The molecule has 0 heterocycles. The second kappa shape index (κ2) is 6.22. The molecule has 1 aromatic carbocycles. The van der Waals surface area contributed by atoms with Crippen molar-refractivity contribution >= 4 is 5.91 Å². The number of ether oxygens (including phenoxy) is 1. The first-order valence-electron chi connectivity index (χ1n) is 5.47. The average molecular weight is 237 g/mol. The Bertz CT molecular complexity index is 382. The standard InChI is InChI=1S/C12H19N3O2/c1-8(15-7-11(13)12(14)16)9-4-3-5-10(6-9)17-2/h3-6,8,11,15H,7,13H2,1-2H3,(H2,14,16)/t8-,11?/m0/s1. The van der Waals surface area contributed by atoms with Gasteiger partial charge in [-0.15, -0.1) is 0 Å². The second-order valence-electron chi connectivity index (χ2n) is 3.92. The summed E-state index contributed by atoms with van der Waals surface area (Å²) < 4.78 is 5.14. The lowest BCUT2D eigenvalue weighted by Gasteiger charge is -2.17. The summed E-state index contributed by atoms with van der Waals surface area (Å²) in [7, 11) is 1.63. The normalized spacial score (nSPS) is 14.1. The van der Waals surface area contributed by atoms with Gasteiger partial charge in [0.15, 0.2) is 0 Å². The second-order valence-corrected chi connectivity index (χ2v) is 3.92. The molecular formula is C12H19N3O2. The van der Waals surface area contributed by atoms with Crippen LogP contribution in [0.5, 0.6) is 5.75 Å². The number of carbonyl (C=O) groups excluding carboxylic acids is 1. The predicted molar refractivity (Wildman–Crippen MR) is 66.6 cm³/mol. The van der Waals surface area contributed by atoms with E-state index < -0.39 is 11.9 Å². The number of methoxy groups -OCH3 is 1. The van der Waals surface area contributed by atoms with Gasteiger partial charge in [-0.1, -0.05) is 12.1 Å². The Morgan fingerprint density at radius 2 is 2.24 bits per heavy atom. The first-order valence-corrected chi connectivity index (χ1v) is 5.47. The lowest BCUT2D eigenvalue weighted by Crippen LogP contribution is -2.44. The van der Waals surface area contributed by atoms with Gasteiger partial charge in [-0.05, 0) is 24.6 Å². The maximum atomic E-state index is 10.8. The van der Waals surface area contributed by atoms with Crippen LogP contribution in [0.2, 0.25) is 0 Å². The number of nitrogens with one attached hydrogen (secondary N) is 1. The Kier molecular flexibility index (Phi) is 4.93. The van der Waals surface area contributed by atoms with E-state index in [9.17, 15) is 4.79 Å². The van der Waals surface area contributed by atoms with Gasteiger partial charge >= 0.3 is 0 Å². The van der Waals surface area contributed by atoms with Crippen molar-refractivity contribution in [2.75, 3.05) is 13.7 Å². The molecule has 5 nitrogen and oxygen atoms in total.